The van der Waals surface area contributed by atoms with E-state index in [1.807, 2.05) is 18.2 Å². The minimum absolute atomic E-state index is 0.0446. The third-order valence-corrected chi connectivity index (χ3v) is 5.82. The zero-order chi connectivity index (χ0) is 17.4. The maximum absolute atomic E-state index is 12.1. The molecule has 1 aromatic heterocycles. The highest BCUT2D eigenvalue weighted by molar-refractivity contribution is 7.16. The fourth-order valence-electron chi connectivity index (χ4n) is 3.59. The Morgan fingerprint density at radius 2 is 2.08 bits per heavy atom. The predicted octanol–water partition coefficient (Wildman–Crippen LogP) is 3.53. The first-order valence-electron chi connectivity index (χ1n) is 8.54. The Kier molecular flexibility index (Phi) is 4.25. The van der Waals surface area contributed by atoms with Crippen LogP contribution in [0.25, 0.3) is 0 Å². The van der Waals surface area contributed by atoms with E-state index in [1.165, 1.54) is 24.2 Å². The molecule has 1 fully saturated rings. The molecule has 0 unspecified atom stereocenters. The lowest BCUT2D eigenvalue weighted by atomic mass is 9.91. The van der Waals surface area contributed by atoms with Gasteiger partial charge in [-0.15, -0.1) is 0 Å². The molecule has 0 bridgehead atoms. The number of nitrogens with one attached hydrogen (secondary N) is 1. The highest BCUT2D eigenvalue weighted by Crippen LogP contribution is 2.43. The molecule has 2 heterocycles. The smallest absolute Gasteiger partial charge is 0.226 e. The van der Waals surface area contributed by atoms with Crippen molar-refractivity contribution in [3.05, 3.63) is 28.6 Å². The van der Waals surface area contributed by atoms with E-state index in [1.54, 1.807) is 7.11 Å². The molecule has 1 amide bonds. The summed E-state index contributed by atoms with van der Waals surface area (Å²) in [5, 5.41) is 3.27. The maximum atomic E-state index is 12.1. The van der Waals surface area contributed by atoms with Gasteiger partial charge in [0, 0.05) is 12.3 Å². The van der Waals surface area contributed by atoms with E-state index >= 15 is 0 Å². The van der Waals surface area contributed by atoms with Gasteiger partial charge in [-0.3, -0.25) is 4.79 Å². The second-order valence-electron chi connectivity index (χ2n) is 6.50. The molecule has 0 radical (unpaired) electrons. The molecule has 1 aliphatic heterocycles. The lowest BCUT2D eigenvalue weighted by molar-refractivity contribution is -0.116. The van der Waals surface area contributed by atoms with Gasteiger partial charge in [0.05, 0.1) is 18.1 Å². The van der Waals surface area contributed by atoms with Gasteiger partial charge in [-0.05, 0) is 43.4 Å². The molecule has 4 rings (SSSR count). The molecule has 0 saturated heterocycles. The fraction of sp³-hybridized carbons (Fsp3) is 0.444. The van der Waals surface area contributed by atoms with Gasteiger partial charge < -0.3 is 20.5 Å². The van der Waals surface area contributed by atoms with Crippen molar-refractivity contribution in [2.24, 2.45) is 0 Å². The predicted molar refractivity (Wildman–Crippen MR) is 97.5 cm³/mol. The molecule has 1 saturated carbocycles. The number of anilines is 2. The van der Waals surface area contributed by atoms with Crippen LogP contribution in [0.3, 0.4) is 0 Å². The number of ether oxygens (including phenoxy) is 2. The second kappa shape index (κ2) is 6.55. The first-order valence-corrected chi connectivity index (χ1v) is 9.36. The molecule has 0 spiro atoms. The molecule has 6 nitrogen and oxygen atoms in total. The van der Waals surface area contributed by atoms with Gasteiger partial charge >= 0.3 is 0 Å². The SMILES string of the molecule is COc1ccc([C@@H]2CC(=O)Nc3nc(N)sc32)cc1OC1CCCC1. The number of nitrogens with zero attached hydrogens (tertiary/aromatic N) is 1. The summed E-state index contributed by atoms with van der Waals surface area (Å²) in [6, 6.07) is 5.90. The van der Waals surface area contributed by atoms with Gasteiger partial charge in [-0.1, -0.05) is 17.4 Å². The van der Waals surface area contributed by atoms with Crippen LogP contribution >= 0.6 is 11.3 Å². The van der Waals surface area contributed by atoms with Gasteiger partial charge in [0.2, 0.25) is 5.91 Å². The van der Waals surface area contributed by atoms with Crippen LogP contribution in [0.1, 0.15) is 48.5 Å². The number of nitrogen functional groups attached to an aromatic ring is 1. The molecule has 132 valence electrons. The van der Waals surface area contributed by atoms with Crippen molar-refractivity contribution in [3.63, 3.8) is 0 Å². The topological polar surface area (TPSA) is 86.5 Å². The van der Waals surface area contributed by atoms with Crippen LogP contribution in [0.4, 0.5) is 10.9 Å². The number of nitrogens with two attached hydrogens (primary N) is 1. The average Bonchev–Trinajstić information content (AvgIpc) is 3.22. The van der Waals surface area contributed by atoms with Crippen molar-refractivity contribution >= 4 is 28.2 Å². The number of aromatic nitrogens is 1. The first kappa shape index (κ1) is 16.2. The third-order valence-electron chi connectivity index (χ3n) is 4.82. The van der Waals surface area contributed by atoms with Crippen molar-refractivity contribution in [3.8, 4) is 11.5 Å². The number of thiazole rings is 1. The van der Waals surface area contributed by atoms with E-state index in [0.717, 1.165) is 34.8 Å². The summed E-state index contributed by atoms with van der Waals surface area (Å²) in [6.07, 6.45) is 5.19. The number of amides is 1. The molecule has 1 atom stereocenters. The van der Waals surface area contributed by atoms with Crippen LogP contribution in [0, 0.1) is 0 Å². The molecule has 2 aliphatic rings. The summed E-state index contributed by atoms with van der Waals surface area (Å²) in [5.41, 5.74) is 6.86. The number of methoxy groups -OCH3 is 1. The lowest BCUT2D eigenvalue weighted by Gasteiger charge is -2.23. The quantitative estimate of drug-likeness (QED) is 0.872. The van der Waals surface area contributed by atoms with E-state index in [0.29, 0.717) is 17.4 Å². The van der Waals surface area contributed by atoms with E-state index in [2.05, 4.69) is 10.3 Å². The molecule has 2 aromatic rings. The highest BCUT2D eigenvalue weighted by atomic mass is 32.1. The summed E-state index contributed by atoms with van der Waals surface area (Å²) in [6.45, 7) is 0. The Morgan fingerprint density at radius 3 is 2.84 bits per heavy atom. The number of fused-ring (bicyclic) bond motifs is 1. The van der Waals surface area contributed by atoms with E-state index in [-0.39, 0.29) is 17.9 Å². The number of benzene rings is 1. The first-order chi connectivity index (χ1) is 12.1. The highest BCUT2D eigenvalue weighted by Gasteiger charge is 2.31. The molecule has 3 N–H and O–H groups in total. The van der Waals surface area contributed by atoms with Crippen LogP contribution in [0.15, 0.2) is 18.2 Å². The van der Waals surface area contributed by atoms with Crippen LogP contribution in [0.5, 0.6) is 11.5 Å². The summed E-state index contributed by atoms with van der Waals surface area (Å²) in [5.74, 6) is 1.95. The molecular weight excluding hydrogens is 338 g/mol. The lowest BCUT2D eigenvalue weighted by Crippen LogP contribution is -2.22. The molecule has 7 heteroatoms. The zero-order valence-electron chi connectivity index (χ0n) is 14.1. The van der Waals surface area contributed by atoms with Gasteiger partial charge in [-0.25, -0.2) is 4.98 Å². The minimum atomic E-state index is -0.0598. The van der Waals surface area contributed by atoms with E-state index in [9.17, 15) is 4.79 Å². The Morgan fingerprint density at radius 1 is 1.28 bits per heavy atom. The molecule has 1 aromatic carbocycles. The van der Waals surface area contributed by atoms with Crippen molar-refractivity contribution in [1.29, 1.82) is 0 Å². The fourth-order valence-corrected chi connectivity index (χ4v) is 4.51. The summed E-state index contributed by atoms with van der Waals surface area (Å²) in [4.78, 5) is 17.3. The maximum Gasteiger partial charge on any atom is 0.226 e. The van der Waals surface area contributed by atoms with Gasteiger partial charge in [0.25, 0.3) is 0 Å². The number of hydrogen-bond donors (Lipinski definition) is 2. The Bertz CT molecular complexity index is 799. The average molecular weight is 359 g/mol. The summed E-state index contributed by atoms with van der Waals surface area (Å²) < 4.78 is 11.6. The number of hydrogen-bond acceptors (Lipinski definition) is 6. The molecular formula is C18H21N3O3S. The normalized spacial score (nSPS) is 20.2. The molecule has 1 aliphatic carbocycles. The third kappa shape index (κ3) is 3.16. The minimum Gasteiger partial charge on any atom is -0.493 e. The Balaban J connectivity index is 1.69. The standard InChI is InChI=1S/C18H21N3O3S/c1-23-13-7-6-10(8-14(13)24-11-4-2-3-5-11)12-9-15(22)20-17-16(12)25-18(19)21-17/h6-8,11-12H,2-5,9H2,1H3,(H2,19,21)(H,20,22)/t12-/m0/s1. The summed E-state index contributed by atoms with van der Waals surface area (Å²) >= 11 is 1.42. The van der Waals surface area contributed by atoms with Gasteiger partial charge in [-0.2, -0.15) is 0 Å². The van der Waals surface area contributed by atoms with Crippen molar-refractivity contribution in [2.45, 2.75) is 44.1 Å². The van der Waals surface area contributed by atoms with Crippen molar-refractivity contribution in [2.75, 3.05) is 18.2 Å². The van der Waals surface area contributed by atoms with E-state index < -0.39 is 0 Å². The monoisotopic (exact) mass is 359 g/mol. The van der Waals surface area contributed by atoms with Crippen molar-refractivity contribution < 1.29 is 14.3 Å². The largest absolute Gasteiger partial charge is 0.493 e. The Hall–Kier alpha value is -2.28. The van der Waals surface area contributed by atoms with Crippen LogP contribution in [0.2, 0.25) is 0 Å². The van der Waals surface area contributed by atoms with Crippen LogP contribution in [-0.2, 0) is 4.79 Å². The number of carbonyl (C=O) groups excluding carboxylic acids is 1. The van der Waals surface area contributed by atoms with Gasteiger partial charge in [0.15, 0.2) is 16.6 Å². The van der Waals surface area contributed by atoms with Gasteiger partial charge in [0.1, 0.15) is 5.82 Å². The zero-order valence-corrected chi connectivity index (χ0v) is 14.9. The number of carbonyl (C=O) groups is 1. The van der Waals surface area contributed by atoms with E-state index in [4.69, 9.17) is 15.2 Å². The van der Waals surface area contributed by atoms with Crippen molar-refractivity contribution in [1.82, 2.24) is 4.98 Å². The summed E-state index contributed by atoms with van der Waals surface area (Å²) in [7, 11) is 1.65. The van der Waals surface area contributed by atoms with Crippen LogP contribution in [-0.4, -0.2) is 24.1 Å². The Labute approximate surface area is 150 Å². The molecule has 25 heavy (non-hydrogen) atoms. The second-order valence-corrected chi connectivity index (χ2v) is 7.57. The van der Waals surface area contributed by atoms with Crippen LogP contribution < -0.4 is 20.5 Å². The number of rotatable bonds is 4.